The predicted molar refractivity (Wildman–Crippen MR) is 140 cm³/mol. The molecule has 4 aromatic rings. The van der Waals surface area contributed by atoms with Gasteiger partial charge in [0.2, 0.25) is 0 Å². The lowest BCUT2D eigenvalue weighted by Gasteiger charge is -2.20. The van der Waals surface area contributed by atoms with Crippen LogP contribution in [0.4, 0.5) is 4.79 Å². The molecule has 3 N–H and O–H groups in total. The molecule has 0 aliphatic carbocycles. The number of aromatic amines is 2. The van der Waals surface area contributed by atoms with Crippen LogP contribution in [0.2, 0.25) is 0 Å². The number of H-pyrrole nitrogens is 2. The Hall–Kier alpha value is -4.54. The number of nitrogens with one attached hydrogen (secondary N) is 3. The first-order valence-electron chi connectivity index (χ1n) is 12.3. The van der Waals surface area contributed by atoms with E-state index in [1.54, 1.807) is 26.5 Å². The van der Waals surface area contributed by atoms with Crippen molar-refractivity contribution in [2.24, 2.45) is 4.99 Å². The topological polar surface area (TPSA) is 135 Å². The number of carbonyl (C=O) groups is 2. The zero-order valence-electron chi connectivity index (χ0n) is 20.7. The Morgan fingerprint density at radius 2 is 2.03 bits per heavy atom. The zero-order valence-corrected chi connectivity index (χ0v) is 20.7. The summed E-state index contributed by atoms with van der Waals surface area (Å²) >= 11 is 0. The molecule has 11 nitrogen and oxygen atoms in total. The molecule has 2 aliphatic rings. The molecule has 0 spiro atoms. The number of allylic oxidation sites excluding steroid dienone is 1. The number of amides is 3. The maximum Gasteiger partial charge on any atom is 0.321 e. The molecule has 0 radical (unpaired) electrons. The summed E-state index contributed by atoms with van der Waals surface area (Å²) < 4.78 is 0. The molecule has 188 valence electrons. The Balaban J connectivity index is 1.32. The van der Waals surface area contributed by atoms with Gasteiger partial charge in [0, 0.05) is 63.8 Å². The van der Waals surface area contributed by atoms with Crippen LogP contribution in [0.15, 0.2) is 47.4 Å². The van der Waals surface area contributed by atoms with Gasteiger partial charge in [-0.2, -0.15) is 5.10 Å². The van der Waals surface area contributed by atoms with Gasteiger partial charge < -0.3 is 20.1 Å². The average molecular weight is 498 g/mol. The lowest BCUT2D eigenvalue weighted by atomic mass is 9.94. The standard InChI is InChI=1S/C26H27N9O2/c1-34(2)26(37)29-17-10-15(12-27-14-17)16-11-19-22(32-33-23(19)28-13-16)24-30-20-7-5-6-18(21(20)31-24)25(36)35-8-3-4-9-35/h5-7,11-15H,3-4,8-10H2,1-2H3,(H,29,37)(H,30,31)(H,28,32,33). The minimum atomic E-state index is -0.194. The third-order valence-electron chi connectivity index (χ3n) is 6.84. The van der Waals surface area contributed by atoms with Crippen LogP contribution in [0.3, 0.4) is 0 Å². The highest BCUT2D eigenvalue weighted by molar-refractivity contribution is 6.06. The van der Waals surface area contributed by atoms with Gasteiger partial charge in [0.15, 0.2) is 11.5 Å². The Morgan fingerprint density at radius 3 is 2.84 bits per heavy atom. The lowest BCUT2D eigenvalue weighted by Crippen LogP contribution is -2.34. The first kappa shape index (κ1) is 22.9. The van der Waals surface area contributed by atoms with Gasteiger partial charge in [0.25, 0.3) is 5.91 Å². The van der Waals surface area contributed by atoms with E-state index in [0.29, 0.717) is 34.7 Å². The largest absolute Gasteiger partial charge is 0.339 e. The number of urea groups is 1. The van der Waals surface area contributed by atoms with E-state index < -0.39 is 0 Å². The summed E-state index contributed by atoms with van der Waals surface area (Å²) in [7, 11) is 3.39. The highest BCUT2D eigenvalue weighted by atomic mass is 16.2. The Bertz CT molecular complexity index is 1570. The molecule has 1 saturated heterocycles. The summed E-state index contributed by atoms with van der Waals surface area (Å²) in [4.78, 5) is 45.6. The lowest BCUT2D eigenvalue weighted by molar-refractivity contribution is 0.0794. The number of aromatic nitrogens is 5. The molecule has 1 fully saturated rings. The van der Waals surface area contributed by atoms with Crippen LogP contribution < -0.4 is 5.32 Å². The van der Waals surface area contributed by atoms with E-state index in [-0.39, 0.29) is 17.9 Å². The second-order valence-electron chi connectivity index (χ2n) is 9.61. The summed E-state index contributed by atoms with van der Waals surface area (Å²) in [5.74, 6) is 0.527. The van der Waals surface area contributed by atoms with E-state index in [1.165, 1.54) is 4.90 Å². The van der Waals surface area contributed by atoms with Crippen LogP contribution in [0.5, 0.6) is 0 Å². The number of para-hydroxylation sites is 1. The predicted octanol–water partition coefficient (Wildman–Crippen LogP) is 3.41. The molecular formula is C26H27N9O2. The van der Waals surface area contributed by atoms with E-state index in [1.807, 2.05) is 35.4 Å². The molecule has 1 aromatic carbocycles. The summed E-state index contributed by atoms with van der Waals surface area (Å²) in [5.41, 5.74) is 4.97. The van der Waals surface area contributed by atoms with Gasteiger partial charge >= 0.3 is 6.03 Å². The number of carbonyl (C=O) groups excluding carboxylic acids is 2. The molecule has 3 amide bonds. The second-order valence-corrected chi connectivity index (χ2v) is 9.61. The SMILES string of the molecule is CN(C)C(=O)NC1=CN=CC(c2cnc3[nH]nc(-c4nc5c(C(=O)N6CCCC6)cccc5[nH]4)c3c2)C1. The summed E-state index contributed by atoms with van der Waals surface area (Å²) in [6.45, 7) is 1.57. The fourth-order valence-corrected chi connectivity index (χ4v) is 4.83. The Kier molecular flexibility index (Phi) is 5.67. The summed E-state index contributed by atoms with van der Waals surface area (Å²) in [6.07, 6.45) is 7.98. The van der Waals surface area contributed by atoms with Crippen LogP contribution in [0, 0.1) is 0 Å². The van der Waals surface area contributed by atoms with Crippen molar-refractivity contribution >= 4 is 40.2 Å². The molecule has 3 aromatic heterocycles. The van der Waals surface area contributed by atoms with Gasteiger partial charge in [-0.3, -0.25) is 14.9 Å². The number of pyridine rings is 1. The van der Waals surface area contributed by atoms with Gasteiger partial charge in [0.05, 0.1) is 16.5 Å². The van der Waals surface area contributed by atoms with E-state index in [4.69, 9.17) is 4.98 Å². The van der Waals surface area contributed by atoms with Crippen LogP contribution in [-0.4, -0.2) is 80.3 Å². The fourth-order valence-electron chi connectivity index (χ4n) is 4.83. The number of imidazole rings is 1. The van der Waals surface area contributed by atoms with Crippen molar-refractivity contribution in [1.82, 2.24) is 40.3 Å². The molecule has 6 rings (SSSR count). The number of hydrogen-bond acceptors (Lipinski definition) is 6. The van der Waals surface area contributed by atoms with Gasteiger partial charge in [-0.15, -0.1) is 0 Å². The van der Waals surface area contributed by atoms with E-state index >= 15 is 0 Å². The molecule has 0 saturated carbocycles. The normalized spacial score (nSPS) is 17.4. The highest BCUT2D eigenvalue weighted by Gasteiger charge is 2.24. The van der Waals surface area contributed by atoms with Crippen molar-refractivity contribution in [3.63, 3.8) is 0 Å². The van der Waals surface area contributed by atoms with Crippen molar-refractivity contribution in [3.8, 4) is 11.5 Å². The van der Waals surface area contributed by atoms with Crippen LogP contribution in [0.25, 0.3) is 33.6 Å². The maximum atomic E-state index is 13.1. The average Bonchev–Trinajstić information content (AvgIpc) is 3.67. The Morgan fingerprint density at radius 1 is 1.19 bits per heavy atom. The third-order valence-corrected chi connectivity index (χ3v) is 6.84. The van der Waals surface area contributed by atoms with Crippen molar-refractivity contribution in [3.05, 3.63) is 53.5 Å². The third kappa shape index (κ3) is 4.22. The zero-order chi connectivity index (χ0) is 25.5. The molecular weight excluding hydrogens is 470 g/mol. The molecule has 1 atom stereocenters. The van der Waals surface area contributed by atoms with E-state index in [0.717, 1.165) is 48.1 Å². The summed E-state index contributed by atoms with van der Waals surface area (Å²) in [5, 5.41) is 11.2. The highest BCUT2D eigenvalue weighted by Crippen LogP contribution is 2.31. The van der Waals surface area contributed by atoms with Crippen molar-refractivity contribution < 1.29 is 9.59 Å². The van der Waals surface area contributed by atoms with Gasteiger partial charge in [-0.05, 0) is 36.6 Å². The molecule has 1 unspecified atom stereocenters. The van der Waals surface area contributed by atoms with Gasteiger partial charge in [-0.1, -0.05) is 6.07 Å². The number of aliphatic imine (C=N–C) groups is 1. The first-order valence-corrected chi connectivity index (χ1v) is 12.3. The number of benzene rings is 1. The van der Waals surface area contributed by atoms with Crippen LogP contribution in [0.1, 0.15) is 41.1 Å². The van der Waals surface area contributed by atoms with Crippen molar-refractivity contribution in [2.75, 3.05) is 27.2 Å². The van der Waals surface area contributed by atoms with E-state index in [2.05, 4.69) is 30.5 Å². The second kappa shape index (κ2) is 9.16. The van der Waals surface area contributed by atoms with Crippen molar-refractivity contribution in [2.45, 2.75) is 25.2 Å². The van der Waals surface area contributed by atoms with E-state index in [9.17, 15) is 9.59 Å². The van der Waals surface area contributed by atoms with Crippen LogP contribution in [-0.2, 0) is 0 Å². The number of rotatable bonds is 4. The summed E-state index contributed by atoms with van der Waals surface area (Å²) in [6, 6.07) is 7.45. The smallest absolute Gasteiger partial charge is 0.321 e. The minimum absolute atomic E-state index is 0.0128. The number of fused-ring (bicyclic) bond motifs is 2. The van der Waals surface area contributed by atoms with Crippen LogP contribution >= 0.6 is 0 Å². The molecule has 0 bridgehead atoms. The number of likely N-dealkylation sites (tertiary alicyclic amines) is 1. The molecule has 37 heavy (non-hydrogen) atoms. The molecule has 2 aliphatic heterocycles. The van der Waals surface area contributed by atoms with Gasteiger partial charge in [0.1, 0.15) is 11.2 Å². The van der Waals surface area contributed by atoms with Crippen molar-refractivity contribution in [1.29, 1.82) is 0 Å². The maximum absolute atomic E-state index is 13.1. The first-order chi connectivity index (χ1) is 18.0. The number of hydrogen-bond donors (Lipinski definition) is 3. The quantitative estimate of drug-likeness (QED) is 0.397. The number of nitrogens with zero attached hydrogens (tertiary/aromatic N) is 6. The molecule has 11 heteroatoms. The Labute approximate surface area is 212 Å². The van der Waals surface area contributed by atoms with Gasteiger partial charge in [-0.25, -0.2) is 14.8 Å². The molecule has 5 heterocycles. The monoisotopic (exact) mass is 497 g/mol. The minimum Gasteiger partial charge on any atom is -0.339 e. The fraction of sp³-hybridized carbons (Fsp3) is 0.308.